The van der Waals surface area contributed by atoms with E-state index in [1.807, 2.05) is 7.05 Å². The third-order valence-corrected chi connectivity index (χ3v) is 5.14. The lowest BCUT2D eigenvalue weighted by Crippen LogP contribution is -2.43. The summed E-state index contributed by atoms with van der Waals surface area (Å²) < 4.78 is 0.369. The summed E-state index contributed by atoms with van der Waals surface area (Å²) in [5.74, 6) is 1.23. The van der Waals surface area contributed by atoms with Crippen LogP contribution in [-0.2, 0) is 0 Å². The Morgan fingerprint density at radius 1 is 1.32 bits per heavy atom. The summed E-state index contributed by atoms with van der Waals surface area (Å²) >= 11 is 2.08. The molecule has 1 aromatic rings. The van der Waals surface area contributed by atoms with Gasteiger partial charge in [-0.05, 0) is 45.0 Å². The van der Waals surface area contributed by atoms with Crippen LogP contribution < -0.4 is 10.2 Å². The Morgan fingerprint density at radius 2 is 2.00 bits per heavy atom. The van der Waals surface area contributed by atoms with Gasteiger partial charge in [-0.2, -0.15) is 11.8 Å². The second kappa shape index (κ2) is 6.19. The summed E-state index contributed by atoms with van der Waals surface area (Å²) in [6.07, 6.45) is 1.13. The first kappa shape index (κ1) is 14.7. The van der Waals surface area contributed by atoms with Crippen molar-refractivity contribution < 1.29 is 0 Å². The lowest BCUT2D eigenvalue weighted by atomic mass is 10.0. The van der Waals surface area contributed by atoms with E-state index in [0.29, 0.717) is 10.8 Å². The van der Waals surface area contributed by atoms with Gasteiger partial charge in [0.1, 0.15) is 0 Å². The second-order valence-electron chi connectivity index (χ2n) is 5.87. The molecule has 0 amide bonds. The van der Waals surface area contributed by atoms with Crippen molar-refractivity contribution in [1.82, 2.24) is 5.32 Å². The van der Waals surface area contributed by atoms with E-state index in [0.717, 1.165) is 19.5 Å². The Balaban J connectivity index is 2.10. The number of hydrogen-bond acceptors (Lipinski definition) is 3. The smallest absolute Gasteiger partial charge is 0.0367 e. The predicted octanol–water partition coefficient (Wildman–Crippen LogP) is 3.69. The van der Waals surface area contributed by atoms with Crippen molar-refractivity contribution in [3.05, 3.63) is 29.8 Å². The molecule has 1 N–H and O–H groups in total. The second-order valence-corrected chi connectivity index (χ2v) is 7.67. The maximum absolute atomic E-state index is 3.36. The van der Waals surface area contributed by atoms with Gasteiger partial charge in [-0.1, -0.05) is 19.1 Å². The Hall–Kier alpha value is -0.670. The van der Waals surface area contributed by atoms with Crippen molar-refractivity contribution in [2.45, 2.75) is 38.0 Å². The minimum absolute atomic E-state index is 0.369. The molecule has 3 heteroatoms. The van der Waals surface area contributed by atoms with Crippen LogP contribution in [0.1, 0.15) is 38.8 Å². The maximum atomic E-state index is 3.36. The van der Waals surface area contributed by atoms with Crippen LogP contribution in [0, 0.1) is 0 Å². The first-order chi connectivity index (χ1) is 9.05. The molecule has 0 saturated carbocycles. The standard InChI is InChI=1S/C16H26N2S/c1-5-15(17-4)13-6-8-14(9-7-13)18-10-11-19-16(2,3)12-18/h6-9,15,17H,5,10-12H2,1-4H3. The van der Waals surface area contributed by atoms with E-state index in [2.05, 4.69) is 67.0 Å². The van der Waals surface area contributed by atoms with Crippen molar-refractivity contribution >= 4 is 17.4 Å². The monoisotopic (exact) mass is 278 g/mol. The Morgan fingerprint density at radius 3 is 2.53 bits per heavy atom. The normalized spacial score (nSPS) is 20.3. The average Bonchev–Trinajstić information content (AvgIpc) is 2.40. The number of nitrogens with one attached hydrogen (secondary N) is 1. The molecule has 2 nitrogen and oxygen atoms in total. The number of hydrogen-bond donors (Lipinski definition) is 1. The third-order valence-electron chi connectivity index (χ3n) is 3.84. The molecule has 1 aromatic carbocycles. The highest BCUT2D eigenvalue weighted by atomic mass is 32.2. The van der Waals surface area contributed by atoms with Crippen LogP contribution in [0.5, 0.6) is 0 Å². The van der Waals surface area contributed by atoms with Crippen molar-refractivity contribution in [3.8, 4) is 0 Å². The fraction of sp³-hybridized carbons (Fsp3) is 0.625. The van der Waals surface area contributed by atoms with Gasteiger partial charge in [0.25, 0.3) is 0 Å². The van der Waals surface area contributed by atoms with Gasteiger partial charge in [0, 0.05) is 35.3 Å². The summed E-state index contributed by atoms with van der Waals surface area (Å²) in [6, 6.07) is 9.58. The molecule has 0 bridgehead atoms. The summed E-state index contributed by atoms with van der Waals surface area (Å²) in [5.41, 5.74) is 2.75. The number of benzene rings is 1. The highest BCUT2D eigenvalue weighted by Crippen LogP contribution is 2.32. The van der Waals surface area contributed by atoms with Gasteiger partial charge in [0.05, 0.1) is 0 Å². The van der Waals surface area contributed by atoms with E-state index in [9.17, 15) is 0 Å². The fourth-order valence-corrected chi connectivity index (χ4v) is 3.87. The molecular formula is C16H26N2S. The van der Waals surface area contributed by atoms with Crippen LogP contribution in [0.2, 0.25) is 0 Å². The van der Waals surface area contributed by atoms with Gasteiger partial charge in [0.2, 0.25) is 0 Å². The predicted molar refractivity (Wildman–Crippen MR) is 87.3 cm³/mol. The minimum Gasteiger partial charge on any atom is -0.369 e. The number of anilines is 1. The molecule has 2 rings (SSSR count). The molecule has 1 heterocycles. The molecule has 106 valence electrons. The number of rotatable bonds is 4. The van der Waals surface area contributed by atoms with E-state index >= 15 is 0 Å². The molecular weight excluding hydrogens is 252 g/mol. The summed E-state index contributed by atoms with van der Waals surface area (Å²) in [6.45, 7) is 9.20. The Kier molecular flexibility index (Phi) is 4.80. The topological polar surface area (TPSA) is 15.3 Å². The maximum Gasteiger partial charge on any atom is 0.0367 e. The van der Waals surface area contributed by atoms with E-state index in [1.54, 1.807) is 0 Å². The molecule has 19 heavy (non-hydrogen) atoms. The molecule has 1 aliphatic rings. The molecule has 0 spiro atoms. The SMILES string of the molecule is CCC(NC)c1ccc(N2CCSC(C)(C)C2)cc1. The van der Waals surface area contributed by atoms with Gasteiger partial charge < -0.3 is 10.2 Å². The lowest BCUT2D eigenvalue weighted by Gasteiger charge is -2.39. The molecule has 1 atom stereocenters. The van der Waals surface area contributed by atoms with Gasteiger partial charge in [-0.25, -0.2) is 0 Å². The van der Waals surface area contributed by atoms with Crippen LogP contribution in [0.25, 0.3) is 0 Å². The van der Waals surface area contributed by atoms with Crippen molar-refractivity contribution in [3.63, 3.8) is 0 Å². The van der Waals surface area contributed by atoms with Gasteiger partial charge in [-0.15, -0.1) is 0 Å². The highest BCUT2D eigenvalue weighted by Gasteiger charge is 2.27. The lowest BCUT2D eigenvalue weighted by molar-refractivity contribution is 0.576. The van der Waals surface area contributed by atoms with Crippen LogP contribution in [-0.4, -0.2) is 30.6 Å². The molecule has 0 aromatic heterocycles. The summed E-state index contributed by atoms with van der Waals surface area (Å²) in [7, 11) is 2.03. The van der Waals surface area contributed by atoms with Crippen molar-refractivity contribution in [2.24, 2.45) is 0 Å². The molecule has 1 fully saturated rings. The number of thioether (sulfide) groups is 1. The van der Waals surface area contributed by atoms with Gasteiger partial charge in [-0.3, -0.25) is 0 Å². The van der Waals surface area contributed by atoms with Gasteiger partial charge >= 0.3 is 0 Å². The minimum atomic E-state index is 0.369. The van der Waals surface area contributed by atoms with Crippen LogP contribution in [0.15, 0.2) is 24.3 Å². The summed E-state index contributed by atoms with van der Waals surface area (Å²) in [5, 5.41) is 3.36. The van der Waals surface area contributed by atoms with Crippen molar-refractivity contribution in [2.75, 3.05) is 30.8 Å². The quantitative estimate of drug-likeness (QED) is 0.904. The number of nitrogens with zero attached hydrogens (tertiary/aromatic N) is 1. The molecule has 1 saturated heterocycles. The Labute approximate surface area is 122 Å². The summed E-state index contributed by atoms with van der Waals surface area (Å²) in [4.78, 5) is 2.51. The zero-order chi connectivity index (χ0) is 13.9. The average molecular weight is 278 g/mol. The van der Waals surface area contributed by atoms with Crippen LogP contribution >= 0.6 is 11.8 Å². The molecule has 0 radical (unpaired) electrons. The highest BCUT2D eigenvalue weighted by molar-refractivity contribution is 8.00. The zero-order valence-corrected chi connectivity index (χ0v) is 13.4. The first-order valence-electron chi connectivity index (χ1n) is 7.22. The van der Waals surface area contributed by atoms with E-state index in [-0.39, 0.29) is 0 Å². The first-order valence-corrected chi connectivity index (χ1v) is 8.20. The zero-order valence-electron chi connectivity index (χ0n) is 12.6. The van der Waals surface area contributed by atoms with Crippen LogP contribution in [0.3, 0.4) is 0 Å². The fourth-order valence-electron chi connectivity index (χ4n) is 2.76. The molecule has 1 unspecified atom stereocenters. The molecule has 0 aliphatic carbocycles. The van der Waals surface area contributed by atoms with E-state index in [4.69, 9.17) is 0 Å². The van der Waals surface area contributed by atoms with Crippen LogP contribution in [0.4, 0.5) is 5.69 Å². The van der Waals surface area contributed by atoms with E-state index in [1.165, 1.54) is 17.0 Å². The molecule has 1 aliphatic heterocycles. The van der Waals surface area contributed by atoms with E-state index < -0.39 is 0 Å². The Bertz CT molecular complexity index is 396. The van der Waals surface area contributed by atoms with Gasteiger partial charge in [0.15, 0.2) is 0 Å². The van der Waals surface area contributed by atoms with Crippen molar-refractivity contribution in [1.29, 1.82) is 0 Å². The third kappa shape index (κ3) is 3.67. The largest absolute Gasteiger partial charge is 0.369 e.